The molecule has 0 saturated carbocycles. The second kappa shape index (κ2) is 11.2. The fourth-order valence-corrected chi connectivity index (χ4v) is 5.93. The van der Waals surface area contributed by atoms with Gasteiger partial charge in [0.05, 0.1) is 6.67 Å². The number of oxazole rings is 1. The topological polar surface area (TPSA) is 47.7 Å². The molecule has 0 spiro atoms. The van der Waals surface area contributed by atoms with Crippen molar-refractivity contribution >= 4 is 22.2 Å². The van der Waals surface area contributed by atoms with E-state index in [2.05, 4.69) is 39.1 Å². The van der Waals surface area contributed by atoms with Gasteiger partial charge in [-0.25, -0.2) is 4.98 Å². The molecule has 6 rings (SSSR count). The highest BCUT2D eigenvalue weighted by Crippen LogP contribution is 2.41. The van der Waals surface area contributed by atoms with E-state index in [1.165, 1.54) is 5.57 Å². The van der Waals surface area contributed by atoms with Crippen LogP contribution in [0.3, 0.4) is 0 Å². The van der Waals surface area contributed by atoms with Gasteiger partial charge in [0.2, 0.25) is 0 Å². The first-order valence-electron chi connectivity index (χ1n) is 13.7. The van der Waals surface area contributed by atoms with E-state index < -0.39 is 0 Å². The lowest BCUT2D eigenvalue weighted by molar-refractivity contribution is -0.00629. The number of aromatic nitrogens is 1. The summed E-state index contributed by atoms with van der Waals surface area (Å²) >= 11 is 0. The number of benzene rings is 3. The molecule has 0 unspecified atom stereocenters. The fraction of sp³-hybridized carbons (Fsp3) is 0.344. The van der Waals surface area contributed by atoms with Crippen molar-refractivity contribution in [3.63, 3.8) is 0 Å². The van der Waals surface area contributed by atoms with E-state index in [1.54, 1.807) is 12.1 Å². The second-order valence-corrected chi connectivity index (χ2v) is 10.4. The summed E-state index contributed by atoms with van der Waals surface area (Å²) in [6.07, 6.45) is 4.25. The van der Waals surface area contributed by atoms with Crippen LogP contribution in [-0.2, 0) is 6.42 Å². The van der Waals surface area contributed by atoms with E-state index >= 15 is 0 Å². The molecule has 1 aromatic heterocycles. The zero-order valence-electron chi connectivity index (χ0n) is 22.1. The molecule has 1 aliphatic carbocycles. The number of hydrogen-bond acceptors (Lipinski definition) is 5. The van der Waals surface area contributed by atoms with E-state index in [9.17, 15) is 8.92 Å². The Labute approximate surface area is 227 Å². The van der Waals surface area contributed by atoms with Gasteiger partial charge in [-0.3, -0.25) is 14.2 Å². The SMILES string of the molecule is Cc1nc2cc(C3=C(c4ccc(O[C@H]5CCN(CCCF)C5)cc4)c4ccc(OF)cc4CCC3)ccc2o1. The summed E-state index contributed by atoms with van der Waals surface area (Å²) in [5, 5.41) is 0. The predicted molar refractivity (Wildman–Crippen MR) is 148 cm³/mol. The van der Waals surface area contributed by atoms with Crippen LogP contribution in [0.15, 0.2) is 65.1 Å². The zero-order chi connectivity index (χ0) is 26.8. The van der Waals surface area contributed by atoms with Gasteiger partial charge >= 0.3 is 0 Å². The maximum absolute atomic E-state index is 13.0. The first-order chi connectivity index (χ1) is 19.1. The first-order valence-corrected chi connectivity index (χ1v) is 13.7. The minimum absolute atomic E-state index is 0.112. The van der Waals surface area contributed by atoms with Crippen LogP contribution in [-0.4, -0.2) is 42.3 Å². The molecule has 2 heterocycles. The van der Waals surface area contributed by atoms with Gasteiger partial charge in [-0.1, -0.05) is 24.3 Å². The van der Waals surface area contributed by atoms with Crippen molar-refractivity contribution in [2.24, 2.45) is 0 Å². The Morgan fingerprint density at radius 2 is 1.82 bits per heavy atom. The maximum Gasteiger partial charge on any atom is 0.192 e. The Morgan fingerprint density at radius 1 is 1.00 bits per heavy atom. The summed E-state index contributed by atoms with van der Waals surface area (Å²) in [5.41, 5.74) is 8.26. The molecule has 0 N–H and O–H groups in total. The number of nitrogens with zero attached hydrogens (tertiary/aromatic N) is 2. The lowest BCUT2D eigenvalue weighted by Gasteiger charge is -2.18. The van der Waals surface area contributed by atoms with Crippen LogP contribution >= 0.6 is 0 Å². The molecular formula is C32H32F2N2O3. The molecule has 202 valence electrons. The zero-order valence-corrected chi connectivity index (χ0v) is 22.1. The monoisotopic (exact) mass is 530 g/mol. The van der Waals surface area contributed by atoms with E-state index in [0.29, 0.717) is 12.3 Å². The summed E-state index contributed by atoms with van der Waals surface area (Å²) in [7, 11) is 0. The number of alkyl halides is 1. The van der Waals surface area contributed by atoms with Gasteiger partial charge in [-0.15, -0.1) is 0 Å². The summed E-state index contributed by atoms with van der Waals surface area (Å²) in [4.78, 5) is 10.9. The number of ether oxygens (including phenoxy) is 1. The molecule has 1 saturated heterocycles. The summed E-state index contributed by atoms with van der Waals surface area (Å²) in [6, 6.07) is 19.9. The molecular weight excluding hydrogens is 498 g/mol. The van der Waals surface area contributed by atoms with Crippen molar-refractivity contribution in [3.8, 4) is 11.5 Å². The minimum atomic E-state index is -0.279. The normalized spacial score (nSPS) is 17.9. The minimum Gasteiger partial charge on any atom is -0.489 e. The predicted octanol–water partition coefficient (Wildman–Crippen LogP) is 7.51. The molecule has 1 atom stereocenters. The number of fused-ring (bicyclic) bond motifs is 2. The van der Waals surface area contributed by atoms with Crippen molar-refractivity contribution in [1.29, 1.82) is 0 Å². The summed E-state index contributed by atoms with van der Waals surface area (Å²) < 4.78 is 37.6. The fourth-order valence-electron chi connectivity index (χ4n) is 5.93. The first kappa shape index (κ1) is 25.6. The van der Waals surface area contributed by atoms with Crippen LogP contribution in [0.1, 0.15) is 53.8 Å². The van der Waals surface area contributed by atoms with E-state index in [1.807, 2.05) is 31.2 Å². The van der Waals surface area contributed by atoms with Crippen molar-refractivity contribution in [1.82, 2.24) is 9.88 Å². The quantitative estimate of drug-likeness (QED) is 0.236. The van der Waals surface area contributed by atoms with Gasteiger partial charge in [-0.05, 0) is 102 Å². The van der Waals surface area contributed by atoms with E-state index in [0.717, 1.165) is 90.0 Å². The molecule has 0 radical (unpaired) electrons. The number of hydrogen-bond donors (Lipinski definition) is 0. The van der Waals surface area contributed by atoms with Crippen LogP contribution in [0.2, 0.25) is 0 Å². The summed E-state index contributed by atoms with van der Waals surface area (Å²) in [6.45, 7) is 4.12. The molecule has 0 amide bonds. The molecule has 1 fully saturated rings. The number of rotatable bonds is 8. The third-order valence-electron chi connectivity index (χ3n) is 7.74. The second-order valence-electron chi connectivity index (χ2n) is 10.4. The van der Waals surface area contributed by atoms with Gasteiger partial charge in [0.25, 0.3) is 0 Å². The highest BCUT2D eigenvalue weighted by molar-refractivity contribution is 6.01. The van der Waals surface area contributed by atoms with Crippen LogP contribution < -0.4 is 9.68 Å². The lowest BCUT2D eigenvalue weighted by atomic mass is 9.87. The Kier molecular flexibility index (Phi) is 7.33. The molecule has 0 bridgehead atoms. The third kappa shape index (κ3) is 5.41. The van der Waals surface area contributed by atoms with E-state index in [4.69, 9.17) is 9.15 Å². The maximum atomic E-state index is 13.0. The van der Waals surface area contributed by atoms with Gasteiger partial charge in [0.15, 0.2) is 17.2 Å². The molecule has 1 aliphatic heterocycles. The van der Waals surface area contributed by atoms with Crippen LogP contribution in [0.5, 0.6) is 11.5 Å². The largest absolute Gasteiger partial charge is 0.489 e. The molecule has 7 heteroatoms. The highest BCUT2D eigenvalue weighted by Gasteiger charge is 2.24. The van der Waals surface area contributed by atoms with Gasteiger partial charge < -0.3 is 9.15 Å². The summed E-state index contributed by atoms with van der Waals surface area (Å²) in [5.74, 6) is 1.69. The number of halogens is 2. The van der Waals surface area contributed by atoms with Gasteiger partial charge in [0, 0.05) is 31.1 Å². The number of aryl methyl sites for hydroxylation is 2. The smallest absolute Gasteiger partial charge is 0.192 e. The molecule has 3 aromatic carbocycles. The van der Waals surface area contributed by atoms with Crippen LogP contribution in [0.4, 0.5) is 8.92 Å². The molecule has 39 heavy (non-hydrogen) atoms. The Hall–Kier alpha value is -3.71. The lowest BCUT2D eigenvalue weighted by Crippen LogP contribution is -2.26. The van der Waals surface area contributed by atoms with Crippen molar-refractivity contribution in [2.45, 2.75) is 45.1 Å². The number of likely N-dealkylation sites (tertiary alicyclic amines) is 1. The van der Waals surface area contributed by atoms with E-state index in [-0.39, 0.29) is 18.5 Å². The molecule has 4 aromatic rings. The van der Waals surface area contributed by atoms with Crippen LogP contribution in [0, 0.1) is 6.92 Å². The Balaban J connectivity index is 1.36. The molecule has 5 nitrogen and oxygen atoms in total. The van der Waals surface area contributed by atoms with Crippen molar-refractivity contribution < 1.29 is 23.0 Å². The van der Waals surface area contributed by atoms with Gasteiger partial charge in [-0.2, -0.15) is 0 Å². The average molecular weight is 531 g/mol. The third-order valence-corrected chi connectivity index (χ3v) is 7.74. The average Bonchev–Trinajstić information content (AvgIpc) is 3.51. The van der Waals surface area contributed by atoms with Gasteiger partial charge in [0.1, 0.15) is 17.4 Å². The molecule has 2 aliphatic rings. The van der Waals surface area contributed by atoms with Crippen molar-refractivity contribution in [2.75, 3.05) is 26.3 Å². The van der Waals surface area contributed by atoms with Crippen LogP contribution in [0.25, 0.3) is 22.2 Å². The standard InChI is InChI=1S/C32H32F2N2O3/c1-21-35-30-19-24(8-13-31(30)37-21)28-5-2-4-23-18-26(39-34)11-12-29(23)32(28)22-6-9-25(10-7-22)38-27-14-17-36(20-27)16-3-15-33/h6-13,18-19,27H,2-5,14-17,20H2,1H3/t27-/m0/s1. The van der Waals surface area contributed by atoms with Crippen molar-refractivity contribution in [3.05, 3.63) is 88.8 Å². The Bertz CT molecular complexity index is 1500. The Morgan fingerprint density at radius 3 is 2.64 bits per heavy atom. The highest BCUT2D eigenvalue weighted by atomic mass is 19.3. The number of allylic oxidation sites excluding steroid dienone is 1.